The van der Waals surface area contributed by atoms with Gasteiger partial charge < -0.3 is 10.1 Å². The van der Waals surface area contributed by atoms with E-state index in [9.17, 15) is 13.2 Å². The Hall–Kier alpha value is -2.38. The second kappa shape index (κ2) is 10.4. The first kappa shape index (κ1) is 22.9. The van der Waals surface area contributed by atoms with Crippen LogP contribution in [-0.4, -0.2) is 34.0 Å². The lowest BCUT2D eigenvalue weighted by atomic mass is 9.87. The van der Waals surface area contributed by atoms with Gasteiger partial charge in [0.25, 0.3) is 0 Å². The van der Waals surface area contributed by atoms with E-state index >= 15 is 0 Å². The predicted octanol–water partition coefficient (Wildman–Crippen LogP) is 3.24. The molecule has 0 unspecified atom stereocenters. The average molecular weight is 419 g/mol. The van der Waals surface area contributed by atoms with Gasteiger partial charge in [0.1, 0.15) is 5.75 Å². The lowest BCUT2D eigenvalue weighted by Gasteiger charge is -2.19. The summed E-state index contributed by atoms with van der Waals surface area (Å²) in [6.07, 6.45) is 0.911. The summed E-state index contributed by atoms with van der Waals surface area (Å²) in [5, 5.41) is 2.71. The van der Waals surface area contributed by atoms with Gasteiger partial charge in [-0.3, -0.25) is 4.79 Å². The first-order valence-corrected chi connectivity index (χ1v) is 11.2. The van der Waals surface area contributed by atoms with Crippen molar-refractivity contribution in [1.29, 1.82) is 0 Å². The first-order valence-electron chi connectivity index (χ1n) is 9.73. The fourth-order valence-electron chi connectivity index (χ4n) is 2.63. The van der Waals surface area contributed by atoms with Crippen LogP contribution in [0.25, 0.3) is 0 Å². The third kappa shape index (κ3) is 7.87. The number of nitrogens with one attached hydrogen (secondary N) is 2. The van der Waals surface area contributed by atoms with Crippen LogP contribution in [0.4, 0.5) is 0 Å². The molecule has 1 amide bonds. The van der Waals surface area contributed by atoms with Crippen LogP contribution < -0.4 is 14.8 Å². The van der Waals surface area contributed by atoms with Crippen LogP contribution in [0.5, 0.6) is 5.75 Å². The zero-order valence-corrected chi connectivity index (χ0v) is 18.1. The van der Waals surface area contributed by atoms with Crippen LogP contribution in [0.2, 0.25) is 0 Å². The van der Waals surface area contributed by atoms with Crippen molar-refractivity contribution in [1.82, 2.24) is 10.0 Å². The van der Waals surface area contributed by atoms with E-state index in [4.69, 9.17) is 4.74 Å². The maximum absolute atomic E-state index is 12.1. The van der Waals surface area contributed by atoms with E-state index in [0.717, 1.165) is 5.75 Å². The molecule has 0 saturated heterocycles. The molecule has 0 aromatic heterocycles. The van der Waals surface area contributed by atoms with E-state index in [1.807, 2.05) is 12.1 Å². The highest BCUT2D eigenvalue weighted by Crippen LogP contribution is 2.24. The molecule has 0 radical (unpaired) electrons. The second-order valence-electron chi connectivity index (χ2n) is 7.79. The molecule has 0 aliphatic heterocycles. The number of amides is 1. The molecule has 0 saturated carbocycles. The molecule has 0 heterocycles. The number of hydrogen-bond donors (Lipinski definition) is 2. The van der Waals surface area contributed by atoms with Gasteiger partial charge in [0.2, 0.25) is 15.9 Å². The Morgan fingerprint density at radius 2 is 1.62 bits per heavy atom. The van der Waals surface area contributed by atoms with Gasteiger partial charge in [-0.15, -0.1) is 0 Å². The van der Waals surface area contributed by atoms with E-state index in [0.29, 0.717) is 19.4 Å². The molecule has 0 bridgehead atoms. The molecule has 158 valence electrons. The van der Waals surface area contributed by atoms with Crippen LogP contribution in [0.15, 0.2) is 59.5 Å². The fourth-order valence-corrected chi connectivity index (χ4v) is 3.69. The molecule has 0 atom stereocenters. The van der Waals surface area contributed by atoms with Crippen molar-refractivity contribution in [2.75, 3.05) is 19.7 Å². The van der Waals surface area contributed by atoms with Gasteiger partial charge in [-0.25, -0.2) is 13.1 Å². The van der Waals surface area contributed by atoms with Crippen molar-refractivity contribution in [3.63, 3.8) is 0 Å². The number of rotatable bonds is 10. The monoisotopic (exact) mass is 418 g/mol. The summed E-state index contributed by atoms with van der Waals surface area (Å²) in [4.78, 5) is 12.1. The maximum Gasteiger partial charge on any atom is 0.240 e. The van der Waals surface area contributed by atoms with Crippen molar-refractivity contribution in [2.45, 2.75) is 43.9 Å². The van der Waals surface area contributed by atoms with Crippen molar-refractivity contribution >= 4 is 15.9 Å². The third-order valence-electron chi connectivity index (χ3n) is 4.33. The van der Waals surface area contributed by atoms with E-state index in [1.165, 1.54) is 17.7 Å². The highest BCUT2D eigenvalue weighted by Gasteiger charge is 2.13. The van der Waals surface area contributed by atoms with Crippen LogP contribution >= 0.6 is 0 Å². The van der Waals surface area contributed by atoms with Crippen molar-refractivity contribution in [3.8, 4) is 5.75 Å². The first-order chi connectivity index (χ1) is 13.7. The maximum atomic E-state index is 12.1. The molecule has 29 heavy (non-hydrogen) atoms. The summed E-state index contributed by atoms with van der Waals surface area (Å²) in [7, 11) is -3.54. The third-order valence-corrected chi connectivity index (χ3v) is 5.81. The van der Waals surface area contributed by atoms with E-state index < -0.39 is 10.0 Å². The zero-order valence-electron chi connectivity index (χ0n) is 17.3. The smallest absolute Gasteiger partial charge is 0.240 e. The SMILES string of the molecule is CC(C)(C)c1ccc(OCCCC(=O)NCCNS(=O)(=O)c2ccccc2)cc1. The summed E-state index contributed by atoms with van der Waals surface area (Å²) in [6, 6.07) is 16.1. The zero-order chi connectivity index (χ0) is 21.3. The summed E-state index contributed by atoms with van der Waals surface area (Å²) in [6.45, 7) is 7.30. The number of carbonyl (C=O) groups is 1. The lowest BCUT2D eigenvalue weighted by molar-refractivity contribution is -0.121. The van der Waals surface area contributed by atoms with Gasteiger partial charge in [-0.1, -0.05) is 51.1 Å². The Morgan fingerprint density at radius 1 is 0.966 bits per heavy atom. The molecule has 0 aliphatic carbocycles. The van der Waals surface area contributed by atoms with Gasteiger partial charge in [-0.05, 0) is 41.7 Å². The number of sulfonamides is 1. The highest BCUT2D eigenvalue weighted by molar-refractivity contribution is 7.89. The Balaban J connectivity index is 1.60. The molecule has 6 nitrogen and oxygen atoms in total. The molecule has 0 spiro atoms. The quantitative estimate of drug-likeness (QED) is 0.580. The number of hydrogen-bond acceptors (Lipinski definition) is 4. The van der Waals surface area contributed by atoms with Crippen LogP contribution in [-0.2, 0) is 20.2 Å². The predicted molar refractivity (Wildman–Crippen MR) is 115 cm³/mol. The van der Waals surface area contributed by atoms with E-state index in [1.54, 1.807) is 18.2 Å². The van der Waals surface area contributed by atoms with Crippen molar-refractivity contribution in [3.05, 3.63) is 60.2 Å². The minimum absolute atomic E-state index is 0.103. The van der Waals surface area contributed by atoms with Crippen LogP contribution in [0.3, 0.4) is 0 Å². The van der Waals surface area contributed by atoms with Crippen molar-refractivity contribution < 1.29 is 17.9 Å². The van der Waals surface area contributed by atoms with E-state index in [-0.39, 0.29) is 29.3 Å². The Labute approximate surface area is 173 Å². The average Bonchev–Trinajstić information content (AvgIpc) is 2.69. The summed E-state index contributed by atoms with van der Waals surface area (Å²) < 4.78 is 32.3. The van der Waals surface area contributed by atoms with Gasteiger partial charge in [-0.2, -0.15) is 0 Å². The molecular weight excluding hydrogens is 388 g/mol. The Bertz CT molecular complexity index is 873. The number of ether oxygens (including phenoxy) is 1. The Morgan fingerprint density at radius 3 is 2.24 bits per heavy atom. The number of carbonyl (C=O) groups excluding carboxylic acids is 1. The molecular formula is C22H30N2O4S. The van der Waals surface area contributed by atoms with Crippen LogP contribution in [0, 0.1) is 0 Å². The molecule has 0 fully saturated rings. The topological polar surface area (TPSA) is 84.5 Å². The minimum atomic E-state index is -3.54. The largest absolute Gasteiger partial charge is 0.494 e. The standard InChI is InChI=1S/C22H30N2O4S/c1-22(2,3)18-11-13-19(14-12-18)28-17-7-10-21(25)23-15-16-24-29(26,27)20-8-5-4-6-9-20/h4-6,8-9,11-14,24H,7,10,15-17H2,1-3H3,(H,23,25). The molecule has 0 aliphatic rings. The highest BCUT2D eigenvalue weighted by atomic mass is 32.2. The van der Waals surface area contributed by atoms with Gasteiger partial charge in [0, 0.05) is 19.5 Å². The molecule has 2 aromatic carbocycles. The minimum Gasteiger partial charge on any atom is -0.494 e. The van der Waals surface area contributed by atoms with Gasteiger partial charge in [0.15, 0.2) is 0 Å². The summed E-state index contributed by atoms with van der Waals surface area (Å²) in [5.41, 5.74) is 1.35. The lowest BCUT2D eigenvalue weighted by Crippen LogP contribution is -2.34. The molecule has 2 N–H and O–H groups in total. The normalized spacial score (nSPS) is 11.8. The molecule has 7 heteroatoms. The van der Waals surface area contributed by atoms with Gasteiger partial charge in [0.05, 0.1) is 11.5 Å². The van der Waals surface area contributed by atoms with E-state index in [2.05, 4.69) is 42.9 Å². The van der Waals surface area contributed by atoms with Crippen LogP contribution in [0.1, 0.15) is 39.2 Å². The Kier molecular flexibility index (Phi) is 8.22. The second-order valence-corrected chi connectivity index (χ2v) is 9.55. The number of benzene rings is 2. The van der Waals surface area contributed by atoms with Crippen molar-refractivity contribution in [2.24, 2.45) is 0 Å². The van der Waals surface area contributed by atoms with Gasteiger partial charge >= 0.3 is 0 Å². The molecule has 2 aromatic rings. The summed E-state index contributed by atoms with van der Waals surface area (Å²) >= 11 is 0. The molecule has 2 rings (SSSR count). The fraction of sp³-hybridized carbons (Fsp3) is 0.409. The summed E-state index contributed by atoms with van der Waals surface area (Å²) in [5.74, 6) is 0.657.